The van der Waals surface area contributed by atoms with E-state index in [2.05, 4.69) is 10.2 Å². The largest absolute Gasteiger partial charge is 0.379 e. The second kappa shape index (κ2) is 3.73. The maximum absolute atomic E-state index is 5.25. The molecule has 0 saturated carbocycles. The Labute approximate surface area is 74.1 Å². The van der Waals surface area contributed by atoms with E-state index in [0.717, 1.165) is 19.1 Å². The monoisotopic (exact) mass is 170 g/mol. The first-order valence-corrected chi connectivity index (χ1v) is 4.87. The third-order valence-corrected chi connectivity index (χ3v) is 3.00. The van der Waals surface area contributed by atoms with Crippen LogP contribution in [0.25, 0.3) is 0 Å². The molecule has 1 N–H and O–H groups in total. The molecular weight excluding hydrogens is 152 g/mol. The fourth-order valence-corrected chi connectivity index (χ4v) is 2.06. The molecule has 0 aromatic carbocycles. The minimum atomic E-state index is 0.506. The van der Waals surface area contributed by atoms with Crippen LogP contribution in [0.4, 0.5) is 0 Å². The normalized spacial score (nSPS) is 33.2. The predicted octanol–water partition coefficient (Wildman–Crippen LogP) is 0.0690. The van der Waals surface area contributed by atoms with Crippen LogP contribution < -0.4 is 5.32 Å². The van der Waals surface area contributed by atoms with Crippen molar-refractivity contribution in [3.63, 3.8) is 0 Å². The summed E-state index contributed by atoms with van der Waals surface area (Å²) < 4.78 is 5.25. The van der Waals surface area contributed by atoms with Gasteiger partial charge in [0.15, 0.2) is 0 Å². The van der Waals surface area contributed by atoms with Gasteiger partial charge >= 0.3 is 0 Å². The van der Waals surface area contributed by atoms with Gasteiger partial charge in [-0.1, -0.05) is 0 Å². The number of hydrogen-bond acceptors (Lipinski definition) is 3. The Bertz CT molecular complexity index is 139. The lowest BCUT2D eigenvalue weighted by Gasteiger charge is -2.44. The molecule has 0 unspecified atom stereocenters. The number of nitrogens with zero attached hydrogens (tertiary/aromatic N) is 1. The number of nitrogens with one attached hydrogen (secondary N) is 1. The molecule has 2 aliphatic heterocycles. The quantitative estimate of drug-likeness (QED) is 0.634. The van der Waals surface area contributed by atoms with E-state index in [-0.39, 0.29) is 0 Å². The lowest BCUT2D eigenvalue weighted by molar-refractivity contribution is -0.0542. The van der Waals surface area contributed by atoms with Crippen molar-refractivity contribution in [3.05, 3.63) is 0 Å². The van der Waals surface area contributed by atoms with Crippen molar-refractivity contribution in [2.24, 2.45) is 0 Å². The van der Waals surface area contributed by atoms with Gasteiger partial charge in [0.25, 0.3) is 0 Å². The summed E-state index contributed by atoms with van der Waals surface area (Å²) in [5.41, 5.74) is 0. The Balaban J connectivity index is 1.72. The van der Waals surface area contributed by atoms with E-state index in [1.54, 1.807) is 7.11 Å². The lowest BCUT2D eigenvalue weighted by Crippen LogP contribution is -2.59. The highest BCUT2D eigenvalue weighted by Crippen LogP contribution is 2.18. The molecule has 0 aromatic heterocycles. The summed E-state index contributed by atoms with van der Waals surface area (Å²) in [7, 11) is 1.81. The van der Waals surface area contributed by atoms with Gasteiger partial charge in [-0.05, 0) is 19.4 Å². The molecule has 2 saturated heterocycles. The Morgan fingerprint density at radius 2 is 2.25 bits per heavy atom. The van der Waals surface area contributed by atoms with Crippen LogP contribution in [-0.4, -0.2) is 50.3 Å². The Hall–Kier alpha value is -0.120. The number of rotatable bonds is 2. The predicted molar refractivity (Wildman–Crippen MR) is 48.3 cm³/mol. The first kappa shape index (κ1) is 8.48. The van der Waals surface area contributed by atoms with E-state index in [1.807, 2.05) is 0 Å². The number of methoxy groups -OCH3 is 1. The molecule has 2 fully saturated rings. The van der Waals surface area contributed by atoms with Gasteiger partial charge in [0, 0.05) is 32.8 Å². The molecule has 3 heteroatoms. The van der Waals surface area contributed by atoms with Crippen LogP contribution in [0.1, 0.15) is 12.8 Å². The van der Waals surface area contributed by atoms with E-state index >= 15 is 0 Å². The SMILES string of the molecule is COC1CN([C@@H]2CCCNC2)C1. The molecular formula is C9H18N2O. The molecule has 0 radical (unpaired) electrons. The molecule has 2 heterocycles. The van der Waals surface area contributed by atoms with Gasteiger partial charge in [0.2, 0.25) is 0 Å². The summed E-state index contributed by atoms with van der Waals surface area (Å²) in [6.45, 7) is 4.67. The van der Waals surface area contributed by atoms with E-state index < -0.39 is 0 Å². The average Bonchev–Trinajstić information content (AvgIpc) is 2.04. The highest BCUT2D eigenvalue weighted by atomic mass is 16.5. The van der Waals surface area contributed by atoms with Gasteiger partial charge in [-0.3, -0.25) is 4.90 Å². The number of likely N-dealkylation sites (tertiary alicyclic amines) is 1. The smallest absolute Gasteiger partial charge is 0.0825 e. The summed E-state index contributed by atoms with van der Waals surface area (Å²) in [5.74, 6) is 0. The van der Waals surface area contributed by atoms with Gasteiger partial charge in [0.05, 0.1) is 6.10 Å². The summed E-state index contributed by atoms with van der Waals surface area (Å²) in [6, 6.07) is 0.783. The molecule has 70 valence electrons. The van der Waals surface area contributed by atoms with Crippen LogP contribution >= 0.6 is 0 Å². The second-order valence-corrected chi connectivity index (χ2v) is 3.81. The first-order chi connectivity index (χ1) is 5.90. The van der Waals surface area contributed by atoms with E-state index in [4.69, 9.17) is 4.74 Å². The van der Waals surface area contributed by atoms with Crippen molar-refractivity contribution in [3.8, 4) is 0 Å². The highest BCUT2D eigenvalue weighted by molar-refractivity contribution is 4.88. The molecule has 0 spiro atoms. The van der Waals surface area contributed by atoms with Crippen LogP contribution in [0.15, 0.2) is 0 Å². The zero-order valence-electron chi connectivity index (χ0n) is 7.75. The minimum Gasteiger partial charge on any atom is -0.379 e. The summed E-state index contributed by atoms with van der Waals surface area (Å²) in [4.78, 5) is 2.53. The zero-order chi connectivity index (χ0) is 8.39. The molecule has 2 aliphatic rings. The zero-order valence-corrected chi connectivity index (χ0v) is 7.75. The number of hydrogen-bond donors (Lipinski definition) is 1. The van der Waals surface area contributed by atoms with Gasteiger partial charge < -0.3 is 10.1 Å². The molecule has 0 bridgehead atoms. The third kappa shape index (κ3) is 1.63. The molecule has 2 rings (SSSR count). The third-order valence-electron chi connectivity index (χ3n) is 3.00. The fraction of sp³-hybridized carbons (Fsp3) is 1.00. The average molecular weight is 170 g/mol. The topological polar surface area (TPSA) is 24.5 Å². The summed E-state index contributed by atoms with van der Waals surface area (Å²) in [5, 5.41) is 3.43. The van der Waals surface area contributed by atoms with Crippen molar-refractivity contribution < 1.29 is 4.74 Å². The van der Waals surface area contributed by atoms with Crippen LogP contribution in [0.2, 0.25) is 0 Å². The molecule has 0 aliphatic carbocycles. The summed E-state index contributed by atoms with van der Waals surface area (Å²) >= 11 is 0. The Kier molecular flexibility index (Phi) is 2.63. The molecule has 1 atom stereocenters. The van der Waals surface area contributed by atoms with Gasteiger partial charge in [-0.15, -0.1) is 0 Å². The van der Waals surface area contributed by atoms with Crippen molar-refractivity contribution in [1.82, 2.24) is 10.2 Å². The minimum absolute atomic E-state index is 0.506. The first-order valence-electron chi connectivity index (χ1n) is 4.87. The van der Waals surface area contributed by atoms with Crippen LogP contribution in [-0.2, 0) is 4.74 Å². The van der Waals surface area contributed by atoms with E-state index in [0.29, 0.717) is 6.10 Å². The van der Waals surface area contributed by atoms with Crippen molar-refractivity contribution in [1.29, 1.82) is 0 Å². The maximum atomic E-state index is 5.25. The number of piperidine rings is 1. The van der Waals surface area contributed by atoms with Crippen LogP contribution in [0.5, 0.6) is 0 Å². The van der Waals surface area contributed by atoms with Crippen LogP contribution in [0.3, 0.4) is 0 Å². The highest BCUT2D eigenvalue weighted by Gasteiger charge is 2.32. The molecule has 0 aromatic rings. The standard InChI is InChI=1S/C9H18N2O/c1-12-9-6-11(7-9)8-3-2-4-10-5-8/h8-10H,2-7H2,1H3/t8-/m1/s1. The van der Waals surface area contributed by atoms with Crippen molar-refractivity contribution in [2.75, 3.05) is 33.3 Å². The molecule has 0 amide bonds. The molecule has 12 heavy (non-hydrogen) atoms. The lowest BCUT2D eigenvalue weighted by atomic mass is 10.0. The summed E-state index contributed by atoms with van der Waals surface area (Å²) in [6.07, 6.45) is 3.20. The van der Waals surface area contributed by atoms with Gasteiger partial charge in [-0.2, -0.15) is 0 Å². The second-order valence-electron chi connectivity index (χ2n) is 3.81. The van der Waals surface area contributed by atoms with Gasteiger partial charge in [0.1, 0.15) is 0 Å². The van der Waals surface area contributed by atoms with Gasteiger partial charge in [-0.25, -0.2) is 0 Å². The number of ether oxygens (including phenoxy) is 1. The maximum Gasteiger partial charge on any atom is 0.0825 e. The van der Waals surface area contributed by atoms with Crippen molar-refractivity contribution in [2.45, 2.75) is 25.0 Å². The molecule has 3 nitrogen and oxygen atoms in total. The Morgan fingerprint density at radius 3 is 2.83 bits per heavy atom. The van der Waals surface area contributed by atoms with E-state index in [1.165, 1.54) is 25.9 Å². The Morgan fingerprint density at radius 1 is 1.42 bits per heavy atom. The van der Waals surface area contributed by atoms with Crippen LogP contribution in [0, 0.1) is 0 Å². The van der Waals surface area contributed by atoms with E-state index in [9.17, 15) is 0 Å². The fourth-order valence-electron chi connectivity index (χ4n) is 2.06. The van der Waals surface area contributed by atoms with Crippen molar-refractivity contribution >= 4 is 0 Å².